The third kappa shape index (κ3) is 3.63. The predicted octanol–water partition coefficient (Wildman–Crippen LogP) is 13.4. The molecule has 0 bridgehead atoms. The second-order valence-electron chi connectivity index (χ2n) is 12.9. The lowest BCUT2D eigenvalue weighted by molar-refractivity contribution is 0.669. The summed E-state index contributed by atoms with van der Waals surface area (Å²) in [6, 6.07) is 56.8. The molecule has 0 fully saturated rings. The molecule has 0 aliphatic rings. The van der Waals surface area contributed by atoms with Gasteiger partial charge >= 0.3 is 0 Å². The van der Waals surface area contributed by atoms with E-state index in [4.69, 9.17) is 8.83 Å². The van der Waals surface area contributed by atoms with Crippen LogP contribution in [0.1, 0.15) is 0 Å². The van der Waals surface area contributed by atoms with Crippen LogP contribution in [0, 0.1) is 0 Å². The average molecular weight is 611 g/mol. The molecule has 2 heterocycles. The molecule has 0 spiro atoms. The number of benzene rings is 9. The maximum atomic E-state index is 6.47. The largest absolute Gasteiger partial charge is 0.456 e. The maximum Gasteiger partial charge on any atom is 0.136 e. The minimum atomic E-state index is 0.902. The molecule has 0 radical (unpaired) electrons. The van der Waals surface area contributed by atoms with E-state index in [1.807, 2.05) is 12.1 Å². The summed E-state index contributed by atoms with van der Waals surface area (Å²) in [5.74, 6) is 0. The normalized spacial score (nSPS) is 12.2. The Balaban J connectivity index is 1.18. The van der Waals surface area contributed by atoms with E-state index >= 15 is 0 Å². The van der Waals surface area contributed by atoms with E-state index in [0.717, 1.165) is 43.9 Å². The molecule has 0 unspecified atom stereocenters. The Bertz CT molecular complexity index is 3060. The highest BCUT2D eigenvalue weighted by atomic mass is 16.3. The highest BCUT2D eigenvalue weighted by Gasteiger charge is 2.19. The number of hydrogen-bond donors (Lipinski definition) is 0. The van der Waals surface area contributed by atoms with Crippen LogP contribution in [0.4, 0.5) is 0 Å². The van der Waals surface area contributed by atoms with Gasteiger partial charge in [-0.1, -0.05) is 103 Å². The zero-order valence-electron chi connectivity index (χ0n) is 25.8. The van der Waals surface area contributed by atoms with Gasteiger partial charge in [0, 0.05) is 21.5 Å². The number of hydrogen-bond acceptors (Lipinski definition) is 2. The van der Waals surface area contributed by atoms with Crippen LogP contribution >= 0.6 is 0 Å². The van der Waals surface area contributed by atoms with Crippen LogP contribution in [0.3, 0.4) is 0 Å². The molecule has 9 aromatic carbocycles. The monoisotopic (exact) mass is 610 g/mol. The van der Waals surface area contributed by atoms with Crippen molar-refractivity contribution in [2.75, 3.05) is 0 Å². The van der Waals surface area contributed by atoms with Gasteiger partial charge < -0.3 is 8.83 Å². The second kappa shape index (κ2) is 9.57. The predicted molar refractivity (Wildman–Crippen MR) is 202 cm³/mol. The van der Waals surface area contributed by atoms with Crippen molar-refractivity contribution in [3.63, 3.8) is 0 Å². The quantitative estimate of drug-likeness (QED) is 0.182. The number of fused-ring (bicyclic) bond motifs is 10. The first-order chi connectivity index (χ1) is 23.8. The molecule has 0 N–H and O–H groups in total. The molecule has 48 heavy (non-hydrogen) atoms. The minimum absolute atomic E-state index is 0.902. The van der Waals surface area contributed by atoms with Crippen LogP contribution in [0.2, 0.25) is 0 Å². The van der Waals surface area contributed by atoms with Gasteiger partial charge in [-0.05, 0) is 120 Å². The Hall–Kier alpha value is -6.38. The van der Waals surface area contributed by atoms with Gasteiger partial charge in [0.2, 0.25) is 0 Å². The Morgan fingerprint density at radius 1 is 0.250 bits per heavy atom. The third-order valence-electron chi connectivity index (χ3n) is 10.2. The van der Waals surface area contributed by atoms with E-state index in [2.05, 4.69) is 146 Å². The molecule has 0 aliphatic heterocycles. The lowest BCUT2D eigenvalue weighted by Gasteiger charge is -2.18. The molecule has 2 nitrogen and oxygen atoms in total. The Kier molecular flexibility index (Phi) is 5.14. The van der Waals surface area contributed by atoms with Crippen molar-refractivity contribution in [2.45, 2.75) is 0 Å². The first-order valence-electron chi connectivity index (χ1n) is 16.4. The zero-order chi connectivity index (χ0) is 31.3. The first kappa shape index (κ1) is 25.8. The fraction of sp³-hybridized carbons (Fsp3) is 0. The lowest BCUT2D eigenvalue weighted by atomic mass is 9.85. The first-order valence-corrected chi connectivity index (χ1v) is 16.4. The van der Waals surface area contributed by atoms with Gasteiger partial charge in [0.25, 0.3) is 0 Å². The number of para-hydroxylation sites is 1. The molecule has 0 amide bonds. The molecule has 11 rings (SSSR count). The fourth-order valence-electron chi connectivity index (χ4n) is 8.00. The van der Waals surface area contributed by atoms with Gasteiger partial charge in [0.1, 0.15) is 22.3 Å². The summed E-state index contributed by atoms with van der Waals surface area (Å²) >= 11 is 0. The van der Waals surface area contributed by atoms with E-state index in [-0.39, 0.29) is 0 Å². The summed E-state index contributed by atoms with van der Waals surface area (Å²) in [7, 11) is 0. The van der Waals surface area contributed by atoms with Crippen LogP contribution in [-0.4, -0.2) is 0 Å². The van der Waals surface area contributed by atoms with E-state index in [1.54, 1.807) is 0 Å². The average Bonchev–Trinajstić information content (AvgIpc) is 3.68. The summed E-state index contributed by atoms with van der Waals surface area (Å²) in [6.45, 7) is 0. The molecule has 0 saturated carbocycles. The molecule has 2 heteroatoms. The summed E-state index contributed by atoms with van der Waals surface area (Å²) in [5.41, 5.74) is 8.48. The van der Waals surface area contributed by atoms with Crippen molar-refractivity contribution >= 4 is 87.0 Å². The van der Waals surface area contributed by atoms with Crippen LogP contribution in [0.25, 0.3) is 109 Å². The molecule has 11 aromatic rings. The van der Waals surface area contributed by atoms with E-state index in [9.17, 15) is 0 Å². The molecule has 0 saturated heterocycles. The van der Waals surface area contributed by atoms with E-state index < -0.39 is 0 Å². The van der Waals surface area contributed by atoms with Gasteiger partial charge in [-0.25, -0.2) is 0 Å². The van der Waals surface area contributed by atoms with E-state index in [0.29, 0.717) is 0 Å². The van der Waals surface area contributed by atoms with Crippen molar-refractivity contribution in [1.29, 1.82) is 0 Å². The molecule has 2 aromatic heterocycles. The van der Waals surface area contributed by atoms with E-state index in [1.165, 1.54) is 65.3 Å². The van der Waals surface area contributed by atoms with Gasteiger partial charge in [0.15, 0.2) is 0 Å². The van der Waals surface area contributed by atoms with Crippen molar-refractivity contribution < 1.29 is 8.83 Å². The van der Waals surface area contributed by atoms with Crippen molar-refractivity contribution in [3.8, 4) is 22.3 Å². The van der Waals surface area contributed by atoms with Gasteiger partial charge in [-0.3, -0.25) is 0 Å². The molecular formula is C46H26O2. The second-order valence-corrected chi connectivity index (χ2v) is 12.9. The van der Waals surface area contributed by atoms with Gasteiger partial charge in [-0.15, -0.1) is 0 Å². The molecular weight excluding hydrogens is 585 g/mol. The van der Waals surface area contributed by atoms with Crippen molar-refractivity contribution in [3.05, 3.63) is 158 Å². The zero-order valence-corrected chi connectivity index (χ0v) is 25.8. The molecule has 222 valence electrons. The lowest BCUT2D eigenvalue weighted by Crippen LogP contribution is -1.90. The van der Waals surface area contributed by atoms with Crippen LogP contribution in [0.5, 0.6) is 0 Å². The van der Waals surface area contributed by atoms with Crippen LogP contribution in [-0.2, 0) is 0 Å². The Morgan fingerprint density at radius 3 is 1.25 bits per heavy atom. The van der Waals surface area contributed by atoms with Gasteiger partial charge in [-0.2, -0.15) is 0 Å². The molecule has 0 atom stereocenters. The number of furan rings is 2. The van der Waals surface area contributed by atoms with Crippen molar-refractivity contribution in [2.24, 2.45) is 0 Å². The standard InChI is InChI=1S/C46H26O2/c1-2-10-28-22-32-26-44-40(25-31(32)21-27(28)9-1)39-24-30(18-20-43(39)48-44)46-36-14-5-3-12-34(36)45(35-13-4-6-15-37(35)46)29-17-19-42-38(23-29)33-11-7-8-16-41(33)47-42/h1-26H. The Morgan fingerprint density at radius 2 is 0.667 bits per heavy atom. The Labute approximate surface area is 275 Å². The highest BCUT2D eigenvalue weighted by molar-refractivity contribution is 6.23. The smallest absolute Gasteiger partial charge is 0.136 e. The summed E-state index contributed by atoms with van der Waals surface area (Å²) < 4.78 is 12.7. The number of rotatable bonds is 2. The van der Waals surface area contributed by atoms with Gasteiger partial charge in [0.05, 0.1) is 0 Å². The van der Waals surface area contributed by atoms with Crippen LogP contribution in [0.15, 0.2) is 167 Å². The third-order valence-corrected chi connectivity index (χ3v) is 10.2. The highest BCUT2D eigenvalue weighted by Crippen LogP contribution is 2.46. The molecule has 0 aliphatic carbocycles. The summed E-state index contributed by atoms with van der Waals surface area (Å²) in [4.78, 5) is 0. The SMILES string of the molecule is c1ccc2cc3cc4c(cc3cc2c1)oc1ccc(-c2c3ccccc3c(-c3ccc5oc6ccccc6c5c3)c3ccccc23)cc14. The fourth-order valence-corrected chi connectivity index (χ4v) is 8.00. The van der Waals surface area contributed by atoms with Crippen molar-refractivity contribution in [1.82, 2.24) is 0 Å². The topological polar surface area (TPSA) is 26.3 Å². The van der Waals surface area contributed by atoms with Crippen LogP contribution < -0.4 is 0 Å². The summed E-state index contributed by atoms with van der Waals surface area (Å²) in [5, 5.41) is 14.4. The maximum absolute atomic E-state index is 6.47. The minimum Gasteiger partial charge on any atom is -0.456 e. The summed E-state index contributed by atoms with van der Waals surface area (Å²) in [6.07, 6.45) is 0.